The van der Waals surface area contributed by atoms with Crippen LogP contribution in [0, 0.1) is 23.7 Å². The largest absolute Gasteiger partial charge is 0.0624 e. The van der Waals surface area contributed by atoms with Gasteiger partial charge in [0.2, 0.25) is 0 Å². The summed E-state index contributed by atoms with van der Waals surface area (Å²) in [5.74, 6) is 3.28. The van der Waals surface area contributed by atoms with Gasteiger partial charge in [-0.25, -0.2) is 0 Å². The van der Waals surface area contributed by atoms with Crippen LogP contribution in [0.25, 0.3) is 22.3 Å². The van der Waals surface area contributed by atoms with Crippen molar-refractivity contribution in [2.45, 2.75) is 101 Å². The molecule has 0 aromatic heterocycles. The molecule has 46 heavy (non-hydrogen) atoms. The lowest BCUT2D eigenvalue weighted by Gasteiger charge is -2.47. The van der Waals surface area contributed by atoms with Gasteiger partial charge < -0.3 is 0 Å². The molecule has 4 aromatic carbocycles. The van der Waals surface area contributed by atoms with Crippen LogP contribution in [0.1, 0.15) is 101 Å². The molecule has 0 spiro atoms. The van der Waals surface area contributed by atoms with E-state index in [0.29, 0.717) is 21.7 Å². The quantitative estimate of drug-likeness (QED) is 0.169. The molecule has 4 fully saturated rings. The number of rotatable bonds is 0. The van der Waals surface area contributed by atoms with E-state index < -0.39 is 0 Å². The van der Waals surface area contributed by atoms with Gasteiger partial charge in [-0.1, -0.05) is 120 Å². The van der Waals surface area contributed by atoms with Crippen LogP contribution in [0.5, 0.6) is 0 Å². The second kappa shape index (κ2) is 10.2. The minimum Gasteiger partial charge on any atom is -0.0624 e. The number of hydrogen-bond acceptors (Lipinski definition) is 0. The number of fused-ring (bicyclic) bond motifs is 6. The summed E-state index contributed by atoms with van der Waals surface area (Å²) >= 11 is 7.51. The molecule has 0 amide bonds. The minimum atomic E-state index is 0.332. The third kappa shape index (κ3) is 3.78. The van der Waals surface area contributed by atoms with Crippen molar-refractivity contribution in [3.63, 3.8) is 0 Å². The fourth-order valence-corrected chi connectivity index (χ4v) is 14.1. The molecule has 0 saturated heterocycles. The van der Waals surface area contributed by atoms with Gasteiger partial charge in [-0.3, -0.25) is 0 Å². The van der Waals surface area contributed by atoms with Crippen LogP contribution in [0.2, 0.25) is 0 Å². The highest BCUT2D eigenvalue weighted by atomic mass is 79.9. The highest BCUT2D eigenvalue weighted by molar-refractivity contribution is 9.10. The average molecular weight is 735 g/mol. The zero-order valence-corrected chi connectivity index (χ0v) is 31.0. The van der Waals surface area contributed by atoms with E-state index in [2.05, 4.69) is 144 Å². The molecule has 10 rings (SSSR count). The summed E-state index contributed by atoms with van der Waals surface area (Å²) in [5.41, 5.74) is 14.0. The number of hydrogen-bond donors (Lipinski definition) is 0. The van der Waals surface area contributed by atoms with Crippen LogP contribution in [0.3, 0.4) is 0 Å². The summed E-state index contributed by atoms with van der Waals surface area (Å²) in [6.45, 7) is 9.88. The number of halogens is 2. The lowest BCUT2D eigenvalue weighted by atomic mass is 9.55. The van der Waals surface area contributed by atoms with E-state index in [-0.39, 0.29) is 0 Å². The summed E-state index contributed by atoms with van der Waals surface area (Å²) in [4.78, 5) is 0. The van der Waals surface area contributed by atoms with Gasteiger partial charge in [-0.15, -0.1) is 0 Å². The van der Waals surface area contributed by atoms with Crippen LogP contribution < -0.4 is 0 Å². The Morgan fingerprint density at radius 2 is 0.674 bits per heavy atom. The Labute approximate surface area is 293 Å². The fourth-order valence-electron chi connectivity index (χ4n) is 13.4. The molecule has 4 saturated carbocycles. The first-order valence-electron chi connectivity index (χ1n) is 17.9. The standard InChI is InChI=1S/C22H22Br2.C22H24/c1-13-9-21-11-14(2)12-22(21,10-13)20-8-16(24)4-6-18(20)17-5-3-15(23)7-19(17)21;1-15-11-21-13-16(2)14-22(21,12-15)20-10-6-4-8-18(20)17-7-3-5-9-19(17)21/h3-8,13-14H,9-12H2,1-2H3;3-10,15-16H,11-14H2,1-2H3. The summed E-state index contributed by atoms with van der Waals surface area (Å²) < 4.78 is 2.45. The molecule has 0 nitrogen and oxygen atoms in total. The first-order valence-corrected chi connectivity index (χ1v) is 19.5. The fraction of sp³-hybridized carbons (Fsp3) is 0.455. The highest BCUT2D eigenvalue weighted by Crippen LogP contribution is 2.73. The van der Waals surface area contributed by atoms with Crippen LogP contribution in [-0.4, -0.2) is 0 Å². The maximum Gasteiger partial charge on any atom is 0.0178 e. The van der Waals surface area contributed by atoms with E-state index in [4.69, 9.17) is 0 Å². The lowest BCUT2D eigenvalue weighted by molar-refractivity contribution is 0.299. The van der Waals surface area contributed by atoms with Crippen molar-refractivity contribution in [2.75, 3.05) is 0 Å². The first-order chi connectivity index (χ1) is 22.1. The Balaban J connectivity index is 0.000000127. The van der Waals surface area contributed by atoms with Crippen molar-refractivity contribution < 1.29 is 0 Å². The van der Waals surface area contributed by atoms with E-state index in [1.165, 1.54) is 82.6 Å². The van der Waals surface area contributed by atoms with Gasteiger partial charge in [0, 0.05) is 30.6 Å². The molecular weight excluding hydrogens is 688 g/mol. The van der Waals surface area contributed by atoms with Crippen molar-refractivity contribution in [3.8, 4) is 22.3 Å². The van der Waals surface area contributed by atoms with E-state index in [1.54, 1.807) is 22.3 Å². The van der Waals surface area contributed by atoms with Crippen LogP contribution in [0.4, 0.5) is 0 Å². The monoisotopic (exact) mass is 732 g/mol. The predicted octanol–water partition coefficient (Wildman–Crippen LogP) is 12.9. The Bertz CT molecular complexity index is 1720. The maximum absolute atomic E-state index is 3.75. The van der Waals surface area contributed by atoms with Crippen molar-refractivity contribution in [1.82, 2.24) is 0 Å². The molecule has 0 radical (unpaired) electrons. The highest BCUT2D eigenvalue weighted by Gasteiger charge is 2.66. The third-order valence-corrected chi connectivity index (χ3v) is 14.9. The van der Waals surface area contributed by atoms with Crippen LogP contribution >= 0.6 is 31.9 Å². The molecule has 236 valence electrons. The second-order valence-corrected chi connectivity index (χ2v) is 18.7. The Kier molecular flexibility index (Phi) is 6.62. The molecule has 0 unspecified atom stereocenters. The molecule has 0 N–H and O–H groups in total. The van der Waals surface area contributed by atoms with Crippen LogP contribution in [0.15, 0.2) is 93.9 Å². The Hall–Kier alpha value is -2.16. The molecule has 6 aliphatic rings. The second-order valence-electron chi connectivity index (χ2n) is 16.9. The van der Waals surface area contributed by atoms with Crippen molar-refractivity contribution in [1.29, 1.82) is 0 Å². The summed E-state index contributed by atoms with van der Waals surface area (Å²) in [7, 11) is 0. The zero-order chi connectivity index (χ0) is 31.6. The average Bonchev–Trinajstić information content (AvgIpc) is 3.68. The maximum atomic E-state index is 3.75. The van der Waals surface area contributed by atoms with E-state index >= 15 is 0 Å². The third-order valence-electron chi connectivity index (χ3n) is 13.9. The summed E-state index contributed by atoms with van der Waals surface area (Å²) in [6, 6.07) is 32.5. The lowest BCUT2D eigenvalue weighted by Crippen LogP contribution is -2.43. The van der Waals surface area contributed by atoms with Gasteiger partial charge in [-0.2, -0.15) is 0 Å². The van der Waals surface area contributed by atoms with Gasteiger partial charge >= 0.3 is 0 Å². The predicted molar refractivity (Wildman–Crippen MR) is 199 cm³/mol. The molecule has 6 aliphatic carbocycles. The van der Waals surface area contributed by atoms with Gasteiger partial charge in [0.15, 0.2) is 0 Å². The van der Waals surface area contributed by atoms with Gasteiger partial charge in [0.1, 0.15) is 0 Å². The van der Waals surface area contributed by atoms with E-state index in [1.807, 2.05) is 0 Å². The number of benzene rings is 4. The smallest absolute Gasteiger partial charge is 0.0178 e. The van der Waals surface area contributed by atoms with Crippen molar-refractivity contribution in [3.05, 3.63) is 116 Å². The molecule has 0 bridgehead atoms. The zero-order valence-electron chi connectivity index (χ0n) is 27.8. The SMILES string of the molecule is CC1CC23CC(C)CC2(C1)c1cc(Br)ccc1-c1ccc(Br)cc13.CC1CC23CC(C)CC2(C1)c1ccccc1-c1ccccc13. The van der Waals surface area contributed by atoms with E-state index in [9.17, 15) is 0 Å². The van der Waals surface area contributed by atoms with Crippen molar-refractivity contribution >= 4 is 31.9 Å². The Morgan fingerprint density at radius 1 is 0.391 bits per heavy atom. The minimum absolute atomic E-state index is 0.332. The Morgan fingerprint density at radius 3 is 1.02 bits per heavy atom. The normalized spacial score (nSPS) is 37.0. The molecular formula is C44H46Br2. The van der Waals surface area contributed by atoms with Gasteiger partial charge in [-0.05, 0) is 144 Å². The molecule has 2 heteroatoms. The molecule has 0 aliphatic heterocycles. The summed E-state index contributed by atoms with van der Waals surface area (Å²) in [5, 5.41) is 0. The summed E-state index contributed by atoms with van der Waals surface area (Å²) in [6.07, 6.45) is 10.9. The molecule has 0 heterocycles. The molecule has 0 atom stereocenters. The van der Waals surface area contributed by atoms with Crippen molar-refractivity contribution in [2.24, 2.45) is 23.7 Å². The topological polar surface area (TPSA) is 0 Å². The van der Waals surface area contributed by atoms with Crippen LogP contribution in [-0.2, 0) is 21.7 Å². The van der Waals surface area contributed by atoms with Gasteiger partial charge in [0.25, 0.3) is 0 Å². The van der Waals surface area contributed by atoms with Gasteiger partial charge in [0.05, 0.1) is 0 Å². The first kappa shape index (κ1) is 29.9. The molecule has 4 aromatic rings. The van der Waals surface area contributed by atoms with E-state index in [0.717, 1.165) is 23.7 Å².